The molecule has 3 rings (SSSR count). The predicted molar refractivity (Wildman–Crippen MR) is 190 cm³/mol. The van der Waals surface area contributed by atoms with E-state index in [-0.39, 0.29) is 37.5 Å². The number of aliphatic hydroxyl groups is 1. The van der Waals surface area contributed by atoms with Crippen LogP contribution in [0.15, 0.2) is 24.3 Å². The van der Waals surface area contributed by atoms with Crippen LogP contribution in [0.4, 0.5) is 0 Å². The maximum absolute atomic E-state index is 14.0. The summed E-state index contributed by atoms with van der Waals surface area (Å²) < 4.78 is 15.9. The molecule has 19 nitrogen and oxygen atoms in total. The molecule has 54 heavy (non-hydrogen) atoms. The quantitative estimate of drug-likeness (QED) is 0.0559. The fourth-order valence-electron chi connectivity index (χ4n) is 6.26. The molecule has 300 valence electrons. The van der Waals surface area contributed by atoms with Crippen molar-refractivity contribution in [3.63, 3.8) is 0 Å². The van der Waals surface area contributed by atoms with Crippen molar-refractivity contribution in [1.82, 2.24) is 31.5 Å². The molecule has 2 aliphatic rings. The summed E-state index contributed by atoms with van der Waals surface area (Å²) >= 11 is 0. The molecule has 0 spiro atoms. The third-order valence-electron chi connectivity index (χ3n) is 9.00. The second-order valence-corrected chi connectivity index (χ2v) is 15.1. The van der Waals surface area contributed by atoms with Gasteiger partial charge in [-0.25, -0.2) is 4.57 Å². The zero-order valence-corrected chi connectivity index (χ0v) is 31.3. The topological polar surface area (TPSA) is 290 Å². The lowest BCUT2D eigenvalue weighted by atomic mass is 9.99. The second-order valence-electron chi connectivity index (χ2n) is 13.9. The number of carboxylic acid groups (broad SMARTS) is 1. The molecule has 0 bridgehead atoms. The Morgan fingerprint density at radius 1 is 0.926 bits per heavy atom. The van der Waals surface area contributed by atoms with E-state index in [1.165, 1.54) is 36.1 Å². The number of rotatable bonds is 20. The smallest absolute Gasteiger partial charge is 0.481 e. The molecule has 2 fully saturated rings. The van der Waals surface area contributed by atoms with Crippen LogP contribution in [0.3, 0.4) is 0 Å². The Hall–Kier alpha value is -4.42. The molecule has 2 aliphatic heterocycles. The monoisotopic (exact) mass is 782 g/mol. The van der Waals surface area contributed by atoms with Crippen LogP contribution in [-0.4, -0.2) is 122 Å². The van der Waals surface area contributed by atoms with Crippen molar-refractivity contribution in [2.75, 3.05) is 13.1 Å². The van der Waals surface area contributed by atoms with Crippen molar-refractivity contribution in [2.24, 2.45) is 5.92 Å². The molecule has 0 aliphatic carbocycles. The number of hydrogen-bond acceptors (Lipinski definition) is 11. The Morgan fingerprint density at radius 3 is 2.11 bits per heavy atom. The fraction of sp³-hybridized carbons (Fsp3) is 0.618. The first-order chi connectivity index (χ1) is 25.4. The number of carbonyl (C=O) groups is 7. The zero-order chi connectivity index (χ0) is 40.2. The number of carbonyl (C=O) groups excluding carboxylic acids is 6. The van der Waals surface area contributed by atoms with Gasteiger partial charge in [0.05, 0.1) is 18.2 Å². The number of amides is 5. The van der Waals surface area contributed by atoms with Gasteiger partial charge in [-0.05, 0) is 75.6 Å². The van der Waals surface area contributed by atoms with Gasteiger partial charge in [-0.3, -0.25) is 38.6 Å². The number of aliphatic hydroxyl groups excluding tert-OH is 1. The lowest BCUT2D eigenvalue weighted by Gasteiger charge is -2.30. The first-order valence-electron chi connectivity index (χ1n) is 17.8. The number of nitrogens with zero attached hydrogens (tertiary/aromatic N) is 1. The summed E-state index contributed by atoms with van der Waals surface area (Å²) in [5.74, 6) is -5.36. The van der Waals surface area contributed by atoms with Crippen molar-refractivity contribution in [1.29, 1.82) is 0 Å². The highest BCUT2D eigenvalue weighted by molar-refractivity contribution is 7.46. The molecular formula is C34H51N6O13P. The average Bonchev–Trinajstić information content (AvgIpc) is 3.81. The Morgan fingerprint density at radius 2 is 1.56 bits per heavy atom. The van der Waals surface area contributed by atoms with Crippen molar-refractivity contribution < 1.29 is 62.7 Å². The molecule has 0 saturated carbocycles. The van der Waals surface area contributed by atoms with Gasteiger partial charge in [-0.15, -0.1) is 0 Å². The van der Waals surface area contributed by atoms with Crippen LogP contribution in [0.25, 0.3) is 0 Å². The van der Waals surface area contributed by atoms with E-state index < -0.39 is 92.1 Å². The normalized spacial score (nSPS) is 19.9. The summed E-state index contributed by atoms with van der Waals surface area (Å²) in [4.78, 5) is 110. The third kappa shape index (κ3) is 13.8. The van der Waals surface area contributed by atoms with Crippen LogP contribution in [0, 0.1) is 5.92 Å². The number of phosphoric acid groups is 1. The Labute approximate surface area is 312 Å². The fourth-order valence-corrected chi connectivity index (χ4v) is 6.66. The largest absolute Gasteiger partial charge is 0.524 e. The number of benzene rings is 1. The summed E-state index contributed by atoms with van der Waals surface area (Å²) in [7, 11) is -4.88. The number of hydrogen-bond donors (Lipinski definition) is 9. The van der Waals surface area contributed by atoms with Gasteiger partial charge in [-0.1, -0.05) is 26.0 Å². The maximum atomic E-state index is 14.0. The van der Waals surface area contributed by atoms with Crippen LogP contribution in [0.1, 0.15) is 71.3 Å². The molecule has 7 atom stereocenters. The highest BCUT2D eigenvalue weighted by atomic mass is 31.2. The molecule has 1 aromatic rings. The van der Waals surface area contributed by atoms with Gasteiger partial charge in [0.1, 0.15) is 36.2 Å². The Kier molecular flexibility index (Phi) is 16.5. The van der Waals surface area contributed by atoms with Gasteiger partial charge in [-0.2, -0.15) is 0 Å². The Bertz CT molecular complexity index is 1550. The van der Waals surface area contributed by atoms with E-state index in [1.54, 1.807) is 13.8 Å². The lowest BCUT2D eigenvalue weighted by Crippen LogP contribution is -2.61. The highest BCUT2D eigenvalue weighted by Gasteiger charge is 2.38. The summed E-state index contributed by atoms with van der Waals surface area (Å²) in [5, 5.41) is 33.0. The predicted octanol–water partition coefficient (Wildman–Crippen LogP) is -1.13. The minimum absolute atomic E-state index is 0.0553. The maximum Gasteiger partial charge on any atom is 0.524 e. The number of nitrogens with one attached hydrogen (secondary N) is 5. The lowest BCUT2D eigenvalue weighted by molar-refractivity contribution is -0.142. The van der Waals surface area contributed by atoms with E-state index in [0.717, 1.165) is 6.42 Å². The molecule has 2 heterocycles. The molecule has 9 N–H and O–H groups in total. The van der Waals surface area contributed by atoms with Crippen LogP contribution in [0.2, 0.25) is 0 Å². The molecule has 5 amide bonds. The van der Waals surface area contributed by atoms with Crippen LogP contribution in [0.5, 0.6) is 5.75 Å². The Balaban J connectivity index is 1.89. The van der Waals surface area contributed by atoms with E-state index >= 15 is 0 Å². The van der Waals surface area contributed by atoms with E-state index in [4.69, 9.17) is 9.79 Å². The van der Waals surface area contributed by atoms with Gasteiger partial charge < -0.3 is 51.0 Å². The van der Waals surface area contributed by atoms with Gasteiger partial charge in [0, 0.05) is 19.4 Å². The molecule has 2 saturated heterocycles. The van der Waals surface area contributed by atoms with Crippen molar-refractivity contribution in [3.8, 4) is 5.75 Å². The average molecular weight is 783 g/mol. The summed E-state index contributed by atoms with van der Waals surface area (Å²) in [6.07, 6.45) is 0.497. The van der Waals surface area contributed by atoms with Crippen molar-refractivity contribution >= 4 is 49.6 Å². The first kappa shape index (κ1) is 44.0. The minimum Gasteiger partial charge on any atom is -0.481 e. The molecule has 0 aromatic heterocycles. The summed E-state index contributed by atoms with van der Waals surface area (Å²) in [5.41, 5.74) is 0.370. The number of likely N-dealkylation sites (tertiary alicyclic amines) is 1. The van der Waals surface area contributed by atoms with E-state index in [0.29, 0.717) is 37.7 Å². The number of aliphatic carboxylic acids is 1. The molecule has 0 unspecified atom stereocenters. The van der Waals surface area contributed by atoms with Crippen molar-refractivity contribution in [2.45, 2.75) is 114 Å². The summed E-state index contributed by atoms with van der Waals surface area (Å²) in [6.45, 7) is 5.69. The number of carboxylic acids is 1. The van der Waals surface area contributed by atoms with Crippen LogP contribution < -0.4 is 31.1 Å². The SMILES string of the molecule is CC(C)C[C@H](NC(=O)[C@H](Cc1ccc(OP(=O)(O)O)cc1)NC(=O)[C@H](CCC(=O)O)NC(=O)[C@@H]1CCCN1)C(=O)N[C@H](C(=O)N1CCC[C@H]1C=O)[C@@H](C)O. The summed E-state index contributed by atoms with van der Waals surface area (Å²) in [6, 6.07) is -1.62. The van der Waals surface area contributed by atoms with Gasteiger partial charge >= 0.3 is 13.8 Å². The van der Waals surface area contributed by atoms with Crippen LogP contribution >= 0.6 is 7.82 Å². The van der Waals surface area contributed by atoms with Crippen LogP contribution in [-0.2, 0) is 44.5 Å². The number of aldehydes is 1. The second kappa shape index (κ2) is 20.3. The van der Waals surface area contributed by atoms with Crippen molar-refractivity contribution in [3.05, 3.63) is 29.8 Å². The van der Waals surface area contributed by atoms with E-state index in [1.807, 2.05) is 0 Å². The molecular weight excluding hydrogens is 731 g/mol. The van der Waals surface area contributed by atoms with Gasteiger partial charge in [0.2, 0.25) is 29.5 Å². The number of phosphoric ester groups is 1. The van der Waals surface area contributed by atoms with Gasteiger partial charge in [0.25, 0.3) is 0 Å². The minimum atomic E-state index is -4.88. The van der Waals surface area contributed by atoms with Gasteiger partial charge in [0.15, 0.2) is 0 Å². The first-order valence-corrected chi connectivity index (χ1v) is 19.4. The molecule has 0 radical (unpaired) electrons. The molecule has 20 heteroatoms. The molecule has 1 aromatic carbocycles. The highest BCUT2D eigenvalue weighted by Crippen LogP contribution is 2.37. The van der Waals surface area contributed by atoms with E-state index in [2.05, 4.69) is 31.1 Å². The van der Waals surface area contributed by atoms with E-state index in [9.17, 15) is 48.3 Å². The third-order valence-corrected chi connectivity index (χ3v) is 9.45. The zero-order valence-electron chi connectivity index (χ0n) is 30.4. The standard InChI is InChI=1S/C34H51N6O13P/c1-19(2)16-26(33(48)39-29(20(3)42)34(49)40-15-5-6-22(40)18-41)37-32(47)27(17-21-8-10-23(11-9-21)53-54(50,51)52)38-31(46)25(12-13-28(43)44)36-30(45)24-7-4-14-35-24/h8-11,18-20,22,24-27,29,35,42H,4-7,12-17H2,1-3H3,(H,36,45)(H,37,47)(H,38,46)(H,39,48)(H,43,44)(H2,50,51,52)/t20-,22+,24+,25+,26+,27+,29+/m1/s1.